The molecule has 14 heavy (non-hydrogen) atoms. The number of anilines is 1. The van der Waals surface area contributed by atoms with Crippen LogP contribution in [0.1, 0.15) is 0 Å². The summed E-state index contributed by atoms with van der Waals surface area (Å²) in [4.78, 5) is 0. The first-order valence-corrected chi connectivity index (χ1v) is 4.14. The number of terminal acetylenes is 1. The lowest BCUT2D eigenvalue weighted by molar-refractivity contribution is 0.368. The van der Waals surface area contributed by atoms with E-state index in [2.05, 4.69) is 11.2 Å². The Bertz CT molecular complexity index is 340. The first kappa shape index (κ1) is 9.95. The Morgan fingerprint density at radius 3 is 3.07 bits per heavy atom. The smallest absolute Gasteiger partial charge is 0.174 e. The fourth-order valence-corrected chi connectivity index (χ4v) is 0.965. The van der Waals surface area contributed by atoms with Crippen LogP contribution in [0.25, 0.3) is 0 Å². The Balaban J connectivity index is 2.61. The summed E-state index contributed by atoms with van der Waals surface area (Å²) in [6.45, 7) is 0.528. The summed E-state index contributed by atoms with van der Waals surface area (Å²) in [5, 5.41) is 11.3. The van der Waals surface area contributed by atoms with Crippen molar-refractivity contribution in [3.63, 3.8) is 0 Å². The van der Waals surface area contributed by atoms with Crippen LogP contribution in [0.5, 0.6) is 5.75 Å². The maximum absolute atomic E-state index is 8.32. The molecule has 70 valence electrons. The van der Waals surface area contributed by atoms with Crippen LogP contribution in [0.3, 0.4) is 0 Å². The van der Waals surface area contributed by atoms with Gasteiger partial charge in [0.2, 0.25) is 0 Å². The quantitative estimate of drug-likeness (QED) is 0.727. The number of nitrogens with zero attached hydrogens (tertiary/aromatic N) is 1. The topological polar surface area (TPSA) is 45.0 Å². The highest BCUT2D eigenvalue weighted by Crippen LogP contribution is 2.16. The molecule has 0 aliphatic carbocycles. The van der Waals surface area contributed by atoms with Gasteiger partial charge in [-0.25, -0.2) is 0 Å². The van der Waals surface area contributed by atoms with Gasteiger partial charge < -0.3 is 10.1 Å². The van der Waals surface area contributed by atoms with E-state index in [1.807, 2.05) is 18.2 Å². The van der Waals surface area contributed by atoms with Gasteiger partial charge in [0, 0.05) is 11.8 Å². The van der Waals surface area contributed by atoms with E-state index in [0.29, 0.717) is 12.3 Å². The number of nitriles is 1. The lowest BCUT2D eigenvalue weighted by Gasteiger charge is -2.05. The molecule has 1 rings (SSSR count). The fourth-order valence-electron chi connectivity index (χ4n) is 0.965. The minimum absolute atomic E-state index is 0.0542. The van der Waals surface area contributed by atoms with Gasteiger partial charge in [-0.3, -0.25) is 0 Å². The standard InChI is InChI=1S/C11H10N2O/c1-2-7-13-10-4-3-5-11(9-10)14-8-6-12/h1,3-5,9,13H,7-8H2. The maximum atomic E-state index is 8.32. The van der Waals surface area contributed by atoms with Crippen LogP contribution in [-0.4, -0.2) is 13.2 Å². The Morgan fingerprint density at radius 2 is 2.36 bits per heavy atom. The predicted octanol–water partition coefficient (Wildman–Crippen LogP) is 1.63. The zero-order valence-electron chi connectivity index (χ0n) is 7.66. The molecule has 0 amide bonds. The van der Waals surface area contributed by atoms with E-state index >= 15 is 0 Å². The largest absolute Gasteiger partial charge is 0.479 e. The minimum Gasteiger partial charge on any atom is -0.479 e. The normalized spacial score (nSPS) is 8.43. The van der Waals surface area contributed by atoms with Gasteiger partial charge in [0.1, 0.15) is 11.8 Å². The van der Waals surface area contributed by atoms with Crippen molar-refractivity contribution in [2.45, 2.75) is 0 Å². The fraction of sp³-hybridized carbons (Fsp3) is 0.182. The van der Waals surface area contributed by atoms with Crippen LogP contribution in [0.2, 0.25) is 0 Å². The number of rotatable bonds is 4. The number of ether oxygens (including phenoxy) is 1. The molecule has 0 atom stereocenters. The maximum Gasteiger partial charge on any atom is 0.174 e. The van der Waals surface area contributed by atoms with E-state index in [4.69, 9.17) is 16.4 Å². The van der Waals surface area contributed by atoms with Gasteiger partial charge in [-0.15, -0.1) is 6.42 Å². The molecule has 0 spiro atoms. The molecule has 3 nitrogen and oxygen atoms in total. The van der Waals surface area contributed by atoms with Crippen molar-refractivity contribution in [1.82, 2.24) is 0 Å². The van der Waals surface area contributed by atoms with Crippen LogP contribution < -0.4 is 10.1 Å². The van der Waals surface area contributed by atoms with E-state index in [9.17, 15) is 0 Å². The van der Waals surface area contributed by atoms with Crippen molar-refractivity contribution in [2.24, 2.45) is 0 Å². The molecule has 0 aliphatic rings. The lowest BCUT2D eigenvalue weighted by Crippen LogP contribution is -1.99. The van der Waals surface area contributed by atoms with Crippen LogP contribution in [-0.2, 0) is 0 Å². The predicted molar refractivity (Wildman–Crippen MR) is 54.9 cm³/mol. The molecule has 1 N–H and O–H groups in total. The van der Waals surface area contributed by atoms with Crippen LogP contribution in [0.4, 0.5) is 5.69 Å². The summed E-state index contributed by atoms with van der Waals surface area (Å²) in [6.07, 6.45) is 5.11. The van der Waals surface area contributed by atoms with Gasteiger partial charge in [-0.1, -0.05) is 12.0 Å². The molecule has 0 heterocycles. The highest BCUT2D eigenvalue weighted by molar-refractivity contribution is 5.48. The summed E-state index contributed by atoms with van der Waals surface area (Å²) in [7, 11) is 0. The van der Waals surface area contributed by atoms with E-state index in [1.54, 1.807) is 12.1 Å². The molecule has 0 saturated heterocycles. The van der Waals surface area contributed by atoms with Gasteiger partial charge in [-0.05, 0) is 12.1 Å². The third kappa shape index (κ3) is 3.08. The monoisotopic (exact) mass is 186 g/mol. The minimum atomic E-state index is 0.0542. The van der Waals surface area contributed by atoms with Crippen molar-refractivity contribution in [2.75, 3.05) is 18.5 Å². The van der Waals surface area contributed by atoms with Crippen molar-refractivity contribution in [3.8, 4) is 24.2 Å². The molecule has 0 fully saturated rings. The molecule has 0 radical (unpaired) electrons. The van der Waals surface area contributed by atoms with Gasteiger partial charge in [0.25, 0.3) is 0 Å². The number of benzene rings is 1. The third-order valence-corrected chi connectivity index (χ3v) is 1.53. The molecule has 0 aromatic heterocycles. The van der Waals surface area contributed by atoms with Crippen LogP contribution >= 0.6 is 0 Å². The highest BCUT2D eigenvalue weighted by Gasteiger charge is 1.94. The van der Waals surface area contributed by atoms with E-state index in [1.165, 1.54) is 0 Å². The number of nitrogens with one attached hydrogen (secondary N) is 1. The zero-order valence-corrected chi connectivity index (χ0v) is 7.66. The lowest BCUT2D eigenvalue weighted by atomic mass is 10.3. The van der Waals surface area contributed by atoms with Crippen LogP contribution in [0, 0.1) is 23.7 Å². The Morgan fingerprint density at radius 1 is 1.50 bits per heavy atom. The first-order valence-electron chi connectivity index (χ1n) is 4.14. The van der Waals surface area contributed by atoms with Crippen molar-refractivity contribution < 1.29 is 4.74 Å². The summed E-state index contributed by atoms with van der Waals surface area (Å²) in [5.41, 5.74) is 0.887. The van der Waals surface area contributed by atoms with Gasteiger partial charge >= 0.3 is 0 Å². The van der Waals surface area contributed by atoms with E-state index in [0.717, 1.165) is 5.69 Å². The van der Waals surface area contributed by atoms with Gasteiger partial charge in [-0.2, -0.15) is 5.26 Å². The number of hydrogen-bond acceptors (Lipinski definition) is 3. The molecule has 0 bridgehead atoms. The van der Waals surface area contributed by atoms with Crippen molar-refractivity contribution in [1.29, 1.82) is 5.26 Å². The second kappa shape index (κ2) is 5.50. The molecule has 0 unspecified atom stereocenters. The molecule has 0 aliphatic heterocycles. The summed E-state index contributed by atoms with van der Waals surface area (Å²) in [6, 6.07) is 9.22. The zero-order chi connectivity index (χ0) is 10.2. The Kier molecular flexibility index (Phi) is 3.91. The molecule has 1 aromatic carbocycles. The molecule has 3 heteroatoms. The summed E-state index contributed by atoms with van der Waals surface area (Å²) in [5.74, 6) is 3.14. The third-order valence-electron chi connectivity index (χ3n) is 1.53. The summed E-state index contributed by atoms with van der Waals surface area (Å²) < 4.78 is 5.12. The average molecular weight is 186 g/mol. The van der Waals surface area contributed by atoms with Crippen molar-refractivity contribution >= 4 is 5.69 Å². The van der Waals surface area contributed by atoms with Gasteiger partial charge in [0.05, 0.1) is 6.54 Å². The van der Waals surface area contributed by atoms with Gasteiger partial charge in [0.15, 0.2) is 6.61 Å². The molecule has 0 saturated carbocycles. The highest BCUT2D eigenvalue weighted by atomic mass is 16.5. The average Bonchev–Trinajstić information content (AvgIpc) is 2.24. The second-order valence-electron chi connectivity index (χ2n) is 2.53. The first-order chi connectivity index (χ1) is 6.86. The molecule has 1 aromatic rings. The van der Waals surface area contributed by atoms with Crippen molar-refractivity contribution in [3.05, 3.63) is 24.3 Å². The molecular formula is C11H10N2O. The Labute approximate surface area is 83.3 Å². The van der Waals surface area contributed by atoms with E-state index in [-0.39, 0.29) is 6.61 Å². The second-order valence-corrected chi connectivity index (χ2v) is 2.53. The SMILES string of the molecule is C#CCNc1cccc(OCC#N)c1. The van der Waals surface area contributed by atoms with Crippen LogP contribution in [0.15, 0.2) is 24.3 Å². The summed E-state index contributed by atoms with van der Waals surface area (Å²) >= 11 is 0. The Hall–Kier alpha value is -2.13. The number of hydrogen-bond donors (Lipinski definition) is 1. The van der Waals surface area contributed by atoms with E-state index < -0.39 is 0 Å². The molecular weight excluding hydrogens is 176 g/mol.